The van der Waals surface area contributed by atoms with Crippen LogP contribution in [0.25, 0.3) is 0 Å². The summed E-state index contributed by atoms with van der Waals surface area (Å²) >= 11 is 5.97. The van der Waals surface area contributed by atoms with Gasteiger partial charge in [-0.25, -0.2) is 0 Å². The Labute approximate surface area is 205 Å². The van der Waals surface area contributed by atoms with Crippen molar-refractivity contribution in [2.45, 2.75) is 51.2 Å². The molecule has 1 aliphatic rings. The smallest absolute Gasteiger partial charge is 0.247 e. The van der Waals surface area contributed by atoms with Gasteiger partial charge in [0.1, 0.15) is 11.8 Å². The number of carbonyl (C=O) groups is 2. The van der Waals surface area contributed by atoms with E-state index in [1.165, 1.54) is 0 Å². The molecule has 1 saturated carbocycles. The van der Waals surface area contributed by atoms with Crippen LogP contribution in [0.3, 0.4) is 0 Å². The van der Waals surface area contributed by atoms with Crippen molar-refractivity contribution >= 4 is 23.4 Å². The molecule has 0 saturated heterocycles. The van der Waals surface area contributed by atoms with Gasteiger partial charge in [0.2, 0.25) is 11.8 Å². The molecule has 0 aromatic heterocycles. The standard InChI is InChI=1S/C28H29ClN2O3/c1-19-2-9-22(10-3-19)27(28(34)30-18-21-4-11-23(29)12-5-21)31(24-13-14-24)26(33)17-8-20-6-15-25(32)16-7-20/h2-7,9-12,15-16,24,27,32H,8,13-14,17-18H2,1H3,(H,30,34). The van der Waals surface area contributed by atoms with E-state index in [2.05, 4.69) is 5.32 Å². The minimum atomic E-state index is -0.687. The molecule has 176 valence electrons. The van der Waals surface area contributed by atoms with Crippen molar-refractivity contribution in [2.75, 3.05) is 0 Å². The van der Waals surface area contributed by atoms with Gasteiger partial charge in [-0.3, -0.25) is 9.59 Å². The lowest BCUT2D eigenvalue weighted by atomic mass is 10.0. The first-order valence-corrected chi connectivity index (χ1v) is 12.0. The number of rotatable bonds is 9. The molecule has 1 unspecified atom stereocenters. The minimum absolute atomic E-state index is 0.0391. The van der Waals surface area contributed by atoms with Gasteiger partial charge in [0, 0.05) is 24.0 Å². The SMILES string of the molecule is Cc1ccc(C(C(=O)NCc2ccc(Cl)cc2)N(C(=O)CCc2ccc(O)cc2)C2CC2)cc1. The summed E-state index contributed by atoms with van der Waals surface area (Å²) in [4.78, 5) is 28.7. The third-order valence-electron chi connectivity index (χ3n) is 6.09. The second-order valence-corrected chi connectivity index (χ2v) is 9.29. The highest BCUT2D eigenvalue weighted by atomic mass is 35.5. The summed E-state index contributed by atoms with van der Waals surface area (Å²) in [5.41, 5.74) is 3.82. The second kappa shape index (κ2) is 10.7. The molecule has 0 heterocycles. The maximum atomic E-state index is 13.5. The molecule has 0 spiro atoms. The number of nitrogens with zero attached hydrogens (tertiary/aromatic N) is 1. The average molecular weight is 477 g/mol. The zero-order chi connectivity index (χ0) is 24.1. The van der Waals surface area contributed by atoms with E-state index in [9.17, 15) is 14.7 Å². The van der Waals surface area contributed by atoms with Crippen molar-refractivity contribution in [3.63, 3.8) is 0 Å². The lowest BCUT2D eigenvalue weighted by Gasteiger charge is -2.32. The summed E-state index contributed by atoms with van der Waals surface area (Å²) in [5, 5.41) is 13.2. The van der Waals surface area contributed by atoms with Crippen LogP contribution < -0.4 is 5.32 Å². The molecule has 2 amide bonds. The lowest BCUT2D eigenvalue weighted by molar-refractivity contribution is -0.141. The van der Waals surface area contributed by atoms with E-state index in [4.69, 9.17) is 11.6 Å². The fourth-order valence-corrected chi connectivity index (χ4v) is 4.16. The summed E-state index contributed by atoms with van der Waals surface area (Å²) in [5.74, 6) is -0.0297. The van der Waals surface area contributed by atoms with E-state index in [1.807, 2.05) is 55.5 Å². The quantitative estimate of drug-likeness (QED) is 0.438. The number of hydrogen-bond donors (Lipinski definition) is 2. The number of amides is 2. The average Bonchev–Trinajstić information content (AvgIpc) is 3.67. The van der Waals surface area contributed by atoms with Crippen LogP contribution in [0.1, 0.15) is 47.6 Å². The number of halogens is 1. The van der Waals surface area contributed by atoms with Crippen molar-refractivity contribution in [3.8, 4) is 5.75 Å². The van der Waals surface area contributed by atoms with Gasteiger partial charge in [0.05, 0.1) is 0 Å². The Morgan fingerprint density at radius 2 is 1.59 bits per heavy atom. The van der Waals surface area contributed by atoms with Crippen molar-refractivity contribution in [1.82, 2.24) is 10.2 Å². The highest BCUT2D eigenvalue weighted by Gasteiger charge is 2.40. The van der Waals surface area contributed by atoms with Gasteiger partial charge < -0.3 is 15.3 Å². The normalized spacial score (nSPS) is 13.8. The number of aromatic hydroxyl groups is 1. The Bertz CT molecular complexity index is 1120. The van der Waals surface area contributed by atoms with E-state index >= 15 is 0 Å². The first-order valence-electron chi connectivity index (χ1n) is 11.6. The summed E-state index contributed by atoms with van der Waals surface area (Å²) in [6, 6.07) is 21.4. The highest BCUT2D eigenvalue weighted by Crippen LogP contribution is 2.36. The number of hydrogen-bond acceptors (Lipinski definition) is 3. The molecular formula is C28H29ClN2O3. The van der Waals surface area contributed by atoms with Gasteiger partial charge >= 0.3 is 0 Å². The molecule has 0 radical (unpaired) electrons. The van der Waals surface area contributed by atoms with Crippen LogP contribution in [0.2, 0.25) is 5.02 Å². The van der Waals surface area contributed by atoms with Gasteiger partial charge in [0.15, 0.2) is 0 Å². The molecule has 1 fully saturated rings. The Kier molecular flexibility index (Phi) is 7.53. The molecule has 3 aromatic rings. The van der Waals surface area contributed by atoms with Crippen molar-refractivity contribution < 1.29 is 14.7 Å². The largest absolute Gasteiger partial charge is 0.508 e. The Hall–Kier alpha value is -3.31. The molecule has 1 aliphatic carbocycles. The van der Waals surface area contributed by atoms with E-state index in [0.717, 1.165) is 35.1 Å². The van der Waals surface area contributed by atoms with Gasteiger partial charge in [0.25, 0.3) is 0 Å². The Balaban J connectivity index is 1.54. The molecule has 34 heavy (non-hydrogen) atoms. The number of nitrogens with one attached hydrogen (secondary N) is 1. The molecule has 4 rings (SSSR count). The van der Waals surface area contributed by atoms with Crippen LogP contribution in [0.5, 0.6) is 5.75 Å². The van der Waals surface area contributed by atoms with Crippen LogP contribution in [-0.2, 0) is 22.6 Å². The predicted octanol–water partition coefficient (Wildman–Crippen LogP) is 5.34. The molecule has 3 aromatic carbocycles. The van der Waals surface area contributed by atoms with Crippen LogP contribution >= 0.6 is 11.6 Å². The van der Waals surface area contributed by atoms with Gasteiger partial charge in [-0.05, 0) is 67.1 Å². The fourth-order valence-electron chi connectivity index (χ4n) is 4.03. The van der Waals surface area contributed by atoms with Gasteiger partial charge in [-0.15, -0.1) is 0 Å². The molecule has 2 N–H and O–H groups in total. The van der Waals surface area contributed by atoms with Crippen molar-refractivity contribution in [3.05, 3.63) is 100 Å². The zero-order valence-corrected chi connectivity index (χ0v) is 20.0. The molecule has 0 aliphatic heterocycles. The van der Waals surface area contributed by atoms with Crippen molar-refractivity contribution in [1.29, 1.82) is 0 Å². The second-order valence-electron chi connectivity index (χ2n) is 8.86. The van der Waals surface area contributed by atoms with E-state index in [1.54, 1.807) is 29.2 Å². The number of aryl methyl sites for hydroxylation is 2. The maximum absolute atomic E-state index is 13.5. The third-order valence-corrected chi connectivity index (χ3v) is 6.34. The molecule has 0 bridgehead atoms. The number of phenols is 1. The van der Waals surface area contributed by atoms with E-state index < -0.39 is 6.04 Å². The third kappa shape index (κ3) is 6.17. The van der Waals surface area contributed by atoms with Crippen LogP contribution in [-0.4, -0.2) is 27.9 Å². The van der Waals surface area contributed by atoms with Gasteiger partial charge in [-0.2, -0.15) is 0 Å². The predicted molar refractivity (Wildman–Crippen MR) is 134 cm³/mol. The first-order chi connectivity index (χ1) is 16.4. The van der Waals surface area contributed by atoms with Crippen LogP contribution in [0.15, 0.2) is 72.8 Å². The maximum Gasteiger partial charge on any atom is 0.247 e. The number of phenolic OH excluding ortho intramolecular Hbond substituents is 1. The van der Waals surface area contributed by atoms with E-state index in [-0.39, 0.29) is 23.6 Å². The molecule has 6 heteroatoms. The number of benzene rings is 3. The topological polar surface area (TPSA) is 69.6 Å². The monoisotopic (exact) mass is 476 g/mol. The molecule has 1 atom stereocenters. The highest BCUT2D eigenvalue weighted by molar-refractivity contribution is 6.30. The summed E-state index contributed by atoms with van der Waals surface area (Å²) in [7, 11) is 0. The first kappa shape index (κ1) is 23.8. The summed E-state index contributed by atoms with van der Waals surface area (Å²) in [6.45, 7) is 2.36. The summed E-state index contributed by atoms with van der Waals surface area (Å²) in [6.07, 6.45) is 2.65. The van der Waals surface area contributed by atoms with Crippen LogP contribution in [0.4, 0.5) is 0 Å². The summed E-state index contributed by atoms with van der Waals surface area (Å²) < 4.78 is 0. The number of carbonyl (C=O) groups excluding carboxylic acids is 2. The minimum Gasteiger partial charge on any atom is -0.508 e. The fraction of sp³-hybridized carbons (Fsp3) is 0.286. The lowest BCUT2D eigenvalue weighted by Crippen LogP contribution is -2.45. The van der Waals surface area contributed by atoms with Crippen molar-refractivity contribution in [2.24, 2.45) is 0 Å². The Morgan fingerprint density at radius 1 is 0.971 bits per heavy atom. The molecular weight excluding hydrogens is 448 g/mol. The van der Waals surface area contributed by atoms with E-state index in [0.29, 0.717) is 24.4 Å². The zero-order valence-electron chi connectivity index (χ0n) is 19.2. The van der Waals surface area contributed by atoms with Gasteiger partial charge in [-0.1, -0.05) is 65.7 Å². The molecule has 5 nitrogen and oxygen atoms in total. The van der Waals surface area contributed by atoms with Crippen LogP contribution in [0, 0.1) is 6.92 Å². The Morgan fingerprint density at radius 3 is 2.21 bits per heavy atom.